The van der Waals surface area contributed by atoms with Gasteiger partial charge in [0.25, 0.3) is 0 Å². The van der Waals surface area contributed by atoms with Crippen molar-refractivity contribution in [2.24, 2.45) is 5.73 Å². The molecule has 0 saturated heterocycles. The largest absolute Gasteiger partial charge is 0.465 e. The highest BCUT2D eigenvalue weighted by Gasteiger charge is 2.19. The minimum atomic E-state index is -0.788. The molecule has 0 bridgehead atoms. The van der Waals surface area contributed by atoms with E-state index in [1.54, 1.807) is 6.92 Å². The summed E-state index contributed by atoms with van der Waals surface area (Å²) in [5.41, 5.74) is 6.51. The van der Waals surface area contributed by atoms with E-state index in [0.29, 0.717) is 18.4 Å². The maximum Gasteiger partial charge on any atom is 0.323 e. The molecule has 2 rings (SSSR count). The lowest BCUT2D eigenvalue weighted by atomic mass is 10.2. The molecule has 2 N–H and O–H groups in total. The van der Waals surface area contributed by atoms with Gasteiger partial charge in [-0.15, -0.1) is 10.2 Å². The molecule has 1 aromatic carbocycles. The number of aromatic nitrogens is 2. The summed E-state index contributed by atoms with van der Waals surface area (Å²) in [6.45, 7) is 2.02. The highest BCUT2D eigenvalue weighted by Crippen LogP contribution is 2.17. The van der Waals surface area contributed by atoms with Gasteiger partial charge in [0.05, 0.1) is 13.0 Å². The molecule has 6 heteroatoms. The molecule has 0 spiro atoms. The molecule has 0 radical (unpaired) electrons. The van der Waals surface area contributed by atoms with Crippen molar-refractivity contribution in [1.82, 2.24) is 10.2 Å². The Morgan fingerprint density at radius 3 is 2.79 bits per heavy atom. The van der Waals surface area contributed by atoms with Crippen molar-refractivity contribution >= 4 is 5.97 Å². The van der Waals surface area contributed by atoms with Crippen LogP contribution in [0.25, 0.3) is 11.5 Å². The zero-order chi connectivity index (χ0) is 13.7. The molecule has 0 amide bonds. The van der Waals surface area contributed by atoms with E-state index in [2.05, 4.69) is 10.2 Å². The van der Waals surface area contributed by atoms with Gasteiger partial charge in [-0.2, -0.15) is 0 Å². The van der Waals surface area contributed by atoms with E-state index in [-0.39, 0.29) is 6.42 Å². The Morgan fingerprint density at radius 1 is 1.37 bits per heavy atom. The molecule has 0 aliphatic rings. The number of hydrogen-bond acceptors (Lipinski definition) is 6. The average Bonchev–Trinajstić information content (AvgIpc) is 2.88. The Morgan fingerprint density at radius 2 is 2.11 bits per heavy atom. The molecule has 1 aromatic heterocycles. The summed E-state index contributed by atoms with van der Waals surface area (Å²) < 4.78 is 10.3. The first-order valence-corrected chi connectivity index (χ1v) is 6.00. The van der Waals surface area contributed by atoms with Crippen LogP contribution in [0.4, 0.5) is 0 Å². The second kappa shape index (κ2) is 6.10. The van der Waals surface area contributed by atoms with Gasteiger partial charge in [0.1, 0.15) is 6.04 Å². The number of ether oxygens (including phenoxy) is 1. The number of nitrogens with zero attached hydrogens (tertiary/aromatic N) is 2. The summed E-state index contributed by atoms with van der Waals surface area (Å²) in [5.74, 6) is 0.257. The summed E-state index contributed by atoms with van der Waals surface area (Å²) in [6, 6.07) is 8.60. The smallest absolute Gasteiger partial charge is 0.323 e. The van der Waals surface area contributed by atoms with Crippen LogP contribution in [0.2, 0.25) is 0 Å². The average molecular weight is 261 g/mol. The number of benzene rings is 1. The zero-order valence-corrected chi connectivity index (χ0v) is 10.6. The molecule has 0 aliphatic heterocycles. The van der Waals surface area contributed by atoms with Gasteiger partial charge in [-0.3, -0.25) is 4.79 Å². The molecule has 0 unspecified atom stereocenters. The number of hydrogen-bond donors (Lipinski definition) is 1. The number of esters is 1. The van der Waals surface area contributed by atoms with Gasteiger partial charge in [-0.1, -0.05) is 18.2 Å². The molecule has 100 valence electrons. The molecule has 19 heavy (non-hydrogen) atoms. The van der Waals surface area contributed by atoms with Gasteiger partial charge >= 0.3 is 5.97 Å². The highest BCUT2D eigenvalue weighted by molar-refractivity contribution is 5.75. The van der Waals surface area contributed by atoms with E-state index in [4.69, 9.17) is 14.9 Å². The van der Waals surface area contributed by atoms with E-state index < -0.39 is 12.0 Å². The molecular weight excluding hydrogens is 246 g/mol. The third-order valence-corrected chi connectivity index (χ3v) is 2.47. The zero-order valence-electron chi connectivity index (χ0n) is 10.6. The maximum absolute atomic E-state index is 11.4. The van der Waals surface area contributed by atoms with E-state index >= 15 is 0 Å². The van der Waals surface area contributed by atoms with Crippen molar-refractivity contribution in [2.45, 2.75) is 19.4 Å². The first kappa shape index (κ1) is 13.2. The summed E-state index contributed by atoms with van der Waals surface area (Å²) in [6.07, 6.45) is 0.165. The van der Waals surface area contributed by atoms with Crippen LogP contribution >= 0.6 is 0 Å². The van der Waals surface area contributed by atoms with Crippen molar-refractivity contribution in [2.75, 3.05) is 6.61 Å². The highest BCUT2D eigenvalue weighted by atomic mass is 16.5. The Bertz CT molecular complexity index is 539. The molecule has 0 aliphatic carbocycles. The Hall–Kier alpha value is -2.21. The normalized spacial score (nSPS) is 12.1. The van der Waals surface area contributed by atoms with Crippen molar-refractivity contribution in [3.63, 3.8) is 0 Å². The standard InChI is InChI=1S/C13H15N3O3/c1-2-18-13(17)10(14)8-11-15-16-12(19-11)9-6-4-3-5-7-9/h3-7,10H,2,8,14H2,1H3/t10-/m0/s1. The van der Waals surface area contributed by atoms with Gasteiger partial charge in [-0.25, -0.2) is 0 Å². The van der Waals surface area contributed by atoms with Crippen LogP contribution in [0, 0.1) is 0 Å². The first-order valence-electron chi connectivity index (χ1n) is 6.00. The van der Waals surface area contributed by atoms with E-state index in [0.717, 1.165) is 5.56 Å². The van der Waals surface area contributed by atoms with Crippen LogP contribution in [0.3, 0.4) is 0 Å². The Labute approximate surface area is 110 Å². The van der Waals surface area contributed by atoms with Crippen LogP contribution in [-0.4, -0.2) is 28.8 Å². The second-order valence-corrected chi connectivity index (χ2v) is 3.93. The van der Waals surface area contributed by atoms with Crippen LogP contribution in [0.1, 0.15) is 12.8 Å². The number of nitrogens with two attached hydrogens (primary N) is 1. The van der Waals surface area contributed by atoms with E-state index in [9.17, 15) is 4.79 Å². The molecule has 1 heterocycles. The fourth-order valence-electron chi connectivity index (χ4n) is 1.55. The van der Waals surface area contributed by atoms with Crippen LogP contribution in [-0.2, 0) is 16.0 Å². The SMILES string of the molecule is CCOC(=O)[C@@H](N)Cc1nnc(-c2ccccc2)o1. The summed E-state index contributed by atoms with van der Waals surface area (Å²) in [5, 5.41) is 7.79. The molecule has 1 atom stereocenters. The minimum Gasteiger partial charge on any atom is -0.465 e. The Kier molecular flexibility index (Phi) is 4.25. The fourth-order valence-corrected chi connectivity index (χ4v) is 1.55. The van der Waals surface area contributed by atoms with Crippen LogP contribution in [0.5, 0.6) is 0 Å². The fraction of sp³-hybridized carbons (Fsp3) is 0.308. The molecular formula is C13H15N3O3. The van der Waals surface area contributed by atoms with Crippen LogP contribution < -0.4 is 5.73 Å². The van der Waals surface area contributed by atoms with Crippen molar-refractivity contribution < 1.29 is 13.9 Å². The van der Waals surface area contributed by atoms with Gasteiger partial charge in [0.2, 0.25) is 11.8 Å². The van der Waals surface area contributed by atoms with Gasteiger partial charge < -0.3 is 14.9 Å². The second-order valence-electron chi connectivity index (χ2n) is 3.93. The maximum atomic E-state index is 11.4. The summed E-state index contributed by atoms with van der Waals surface area (Å²) in [4.78, 5) is 11.4. The quantitative estimate of drug-likeness (QED) is 0.812. The van der Waals surface area contributed by atoms with E-state index in [1.165, 1.54) is 0 Å². The number of carbonyl (C=O) groups is 1. The third kappa shape index (κ3) is 3.38. The lowest BCUT2D eigenvalue weighted by Gasteiger charge is -2.07. The predicted molar refractivity (Wildman–Crippen MR) is 68.0 cm³/mol. The molecule has 6 nitrogen and oxygen atoms in total. The number of carbonyl (C=O) groups excluding carboxylic acids is 1. The van der Waals surface area contributed by atoms with Gasteiger partial charge in [0, 0.05) is 5.56 Å². The van der Waals surface area contributed by atoms with Gasteiger partial charge in [0.15, 0.2) is 0 Å². The van der Waals surface area contributed by atoms with Crippen molar-refractivity contribution in [3.8, 4) is 11.5 Å². The summed E-state index contributed by atoms with van der Waals surface area (Å²) in [7, 11) is 0. The van der Waals surface area contributed by atoms with Crippen molar-refractivity contribution in [1.29, 1.82) is 0 Å². The van der Waals surface area contributed by atoms with Crippen molar-refractivity contribution in [3.05, 3.63) is 36.2 Å². The number of rotatable bonds is 5. The minimum absolute atomic E-state index is 0.165. The molecule has 0 fully saturated rings. The third-order valence-electron chi connectivity index (χ3n) is 2.47. The topological polar surface area (TPSA) is 91.2 Å². The first-order chi connectivity index (χ1) is 9.20. The van der Waals surface area contributed by atoms with E-state index in [1.807, 2.05) is 30.3 Å². The predicted octanol–water partition coefficient (Wildman–Crippen LogP) is 1.17. The molecule has 2 aromatic rings. The van der Waals surface area contributed by atoms with Gasteiger partial charge in [-0.05, 0) is 19.1 Å². The summed E-state index contributed by atoms with van der Waals surface area (Å²) >= 11 is 0. The lowest BCUT2D eigenvalue weighted by molar-refractivity contribution is -0.144. The monoisotopic (exact) mass is 261 g/mol. The Balaban J connectivity index is 2.04. The van der Waals surface area contributed by atoms with Crippen LogP contribution in [0.15, 0.2) is 34.7 Å². The lowest BCUT2D eigenvalue weighted by Crippen LogP contribution is -2.34. The molecule has 0 saturated carbocycles.